The Morgan fingerprint density at radius 1 is 0.420 bits per heavy atom. The minimum atomic E-state index is -0.00315. The normalized spacial score (nSPS) is 16.0. The van der Waals surface area contributed by atoms with Crippen LogP contribution >= 0.6 is 0 Å². The zero-order chi connectivity index (χ0) is 34.6. The highest BCUT2D eigenvalue weighted by molar-refractivity contribution is 6.22. The minimum absolute atomic E-state index is 0.00315. The molecule has 0 aliphatic heterocycles. The van der Waals surface area contributed by atoms with Crippen LogP contribution in [0.3, 0.4) is 0 Å². The van der Waals surface area contributed by atoms with Gasteiger partial charge in [-0.1, -0.05) is 151 Å². The average Bonchev–Trinajstić information content (AvgIpc) is 3.24. The molecule has 0 saturated carbocycles. The second-order valence-electron chi connectivity index (χ2n) is 15.7. The zero-order valence-electron chi connectivity index (χ0n) is 29.6. The Morgan fingerprint density at radius 2 is 0.880 bits per heavy atom. The van der Waals surface area contributed by atoms with E-state index in [9.17, 15) is 4.79 Å². The zero-order valence-corrected chi connectivity index (χ0v) is 29.6. The van der Waals surface area contributed by atoms with Gasteiger partial charge in [0.2, 0.25) is 0 Å². The van der Waals surface area contributed by atoms with Gasteiger partial charge in [-0.15, -0.1) is 0 Å². The van der Waals surface area contributed by atoms with Crippen LogP contribution in [-0.2, 0) is 10.8 Å². The highest BCUT2D eigenvalue weighted by atomic mass is 16.1. The summed E-state index contributed by atoms with van der Waals surface area (Å²) >= 11 is 0. The smallest absolute Gasteiger partial charge is 0.263 e. The fourth-order valence-electron chi connectivity index (χ4n) is 9.04. The molecule has 2 nitrogen and oxygen atoms in total. The summed E-state index contributed by atoms with van der Waals surface area (Å²) in [7, 11) is 0. The second-order valence-corrected chi connectivity index (χ2v) is 15.7. The molecule has 0 saturated heterocycles. The quantitative estimate of drug-likeness (QED) is 0.138. The molecule has 7 aromatic carbocycles. The van der Waals surface area contributed by atoms with Gasteiger partial charge < -0.3 is 0 Å². The van der Waals surface area contributed by atoms with E-state index < -0.39 is 0 Å². The van der Waals surface area contributed by atoms with Crippen LogP contribution in [0.4, 0.5) is 0 Å². The topological polar surface area (TPSA) is 22.0 Å². The van der Waals surface area contributed by atoms with Crippen molar-refractivity contribution in [3.8, 4) is 27.9 Å². The van der Waals surface area contributed by atoms with Crippen molar-refractivity contribution in [2.75, 3.05) is 0 Å². The largest absolute Gasteiger partial charge is 0.276 e. The van der Waals surface area contributed by atoms with Crippen LogP contribution in [0, 0.1) is 5.41 Å². The molecule has 1 heterocycles. The summed E-state index contributed by atoms with van der Waals surface area (Å²) < 4.78 is 1.86. The van der Waals surface area contributed by atoms with Gasteiger partial charge in [-0.25, -0.2) is 0 Å². The number of nitrogens with zero attached hydrogens (tertiary/aromatic N) is 1. The second kappa shape index (κ2) is 10.5. The summed E-state index contributed by atoms with van der Waals surface area (Å²) in [5.41, 5.74) is 9.75. The van der Waals surface area contributed by atoms with Crippen LogP contribution in [0.5, 0.6) is 0 Å². The standard InChI is InChI=1S/C48H41NO/c1-46(2)40-26-24-31(29-41(40)47(3,4)48(46,5)6)44-36-21-13-11-19-34(36)43(35-20-12-14-22-37(35)44)30-25-27-42-39(28-30)33-18-10-15-23-38(33)45(50)49(42)32-16-8-7-9-17-32/h7-29H,1-6H3. The Bertz CT molecular complexity index is 2690. The average molecular weight is 648 g/mol. The van der Waals surface area contributed by atoms with Gasteiger partial charge >= 0.3 is 0 Å². The molecule has 0 unspecified atom stereocenters. The molecule has 1 aliphatic rings. The van der Waals surface area contributed by atoms with Crippen molar-refractivity contribution in [2.24, 2.45) is 5.41 Å². The van der Waals surface area contributed by atoms with Crippen molar-refractivity contribution in [3.05, 3.63) is 161 Å². The van der Waals surface area contributed by atoms with Gasteiger partial charge in [-0.05, 0) is 107 Å². The number of hydrogen-bond acceptors (Lipinski definition) is 1. The molecule has 0 N–H and O–H groups in total. The number of fused-ring (bicyclic) bond motifs is 6. The summed E-state index contributed by atoms with van der Waals surface area (Å²) in [5, 5.41) is 7.69. The fraction of sp³-hybridized carbons (Fsp3) is 0.188. The lowest BCUT2D eigenvalue weighted by Crippen LogP contribution is -2.42. The fourth-order valence-corrected chi connectivity index (χ4v) is 9.04. The Labute approximate surface area is 293 Å². The van der Waals surface area contributed by atoms with Crippen LogP contribution < -0.4 is 5.56 Å². The van der Waals surface area contributed by atoms with Gasteiger partial charge in [0.1, 0.15) is 0 Å². The summed E-state index contributed by atoms with van der Waals surface area (Å²) in [4.78, 5) is 14.0. The number of para-hydroxylation sites is 1. The lowest BCUT2D eigenvalue weighted by atomic mass is 9.59. The molecule has 0 fully saturated rings. The van der Waals surface area contributed by atoms with Gasteiger partial charge in [0.25, 0.3) is 5.56 Å². The van der Waals surface area contributed by atoms with Crippen molar-refractivity contribution >= 4 is 43.2 Å². The third kappa shape index (κ3) is 3.99. The maximum absolute atomic E-state index is 14.0. The van der Waals surface area contributed by atoms with Crippen LogP contribution in [0.2, 0.25) is 0 Å². The van der Waals surface area contributed by atoms with E-state index >= 15 is 0 Å². The first-order chi connectivity index (χ1) is 24.0. The van der Waals surface area contributed by atoms with Crippen molar-refractivity contribution in [3.63, 3.8) is 0 Å². The number of aromatic nitrogens is 1. The van der Waals surface area contributed by atoms with Crippen LogP contribution in [-0.4, -0.2) is 4.57 Å². The monoisotopic (exact) mass is 647 g/mol. The third-order valence-corrected chi connectivity index (χ3v) is 12.9. The van der Waals surface area contributed by atoms with Gasteiger partial charge in [0.15, 0.2) is 0 Å². The molecule has 1 aliphatic carbocycles. The molecular weight excluding hydrogens is 607 g/mol. The van der Waals surface area contributed by atoms with Gasteiger partial charge in [0, 0.05) is 16.5 Å². The Kier molecular flexibility index (Phi) is 6.43. The van der Waals surface area contributed by atoms with Crippen molar-refractivity contribution in [1.82, 2.24) is 4.57 Å². The van der Waals surface area contributed by atoms with Crippen molar-refractivity contribution in [2.45, 2.75) is 52.4 Å². The first kappa shape index (κ1) is 30.6. The number of pyridine rings is 1. The maximum atomic E-state index is 14.0. The number of rotatable bonds is 3. The molecule has 0 spiro atoms. The maximum Gasteiger partial charge on any atom is 0.263 e. The van der Waals surface area contributed by atoms with Crippen LogP contribution in [0.25, 0.3) is 71.2 Å². The van der Waals surface area contributed by atoms with E-state index in [2.05, 4.69) is 133 Å². The molecule has 2 heteroatoms. The van der Waals surface area contributed by atoms with Gasteiger partial charge in [-0.3, -0.25) is 9.36 Å². The highest BCUT2D eigenvalue weighted by Crippen LogP contribution is 2.62. The Balaban J connectivity index is 1.35. The molecule has 0 bridgehead atoms. The Hall–Kier alpha value is -5.47. The van der Waals surface area contributed by atoms with E-state index in [1.807, 2.05) is 53.1 Å². The summed E-state index contributed by atoms with van der Waals surface area (Å²) in [6.45, 7) is 14.5. The number of hydrogen-bond donors (Lipinski definition) is 0. The van der Waals surface area contributed by atoms with Crippen molar-refractivity contribution < 1.29 is 0 Å². The molecule has 0 amide bonds. The lowest BCUT2D eigenvalue weighted by Gasteiger charge is -2.44. The van der Waals surface area contributed by atoms with Crippen LogP contribution in [0.15, 0.2) is 144 Å². The summed E-state index contributed by atoms with van der Waals surface area (Å²) in [6, 6.07) is 49.6. The van der Waals surface area contributed by atoms with Crippen LogP contribution in [0.1, 0.15) is 52.7 Å². The first-order valence-electron chi connectivity index (χ1n) is 17.7. The van der Waals surface area contributed by atoms with E-state index in [1.54, 1.807) is 0 Å². The van der Waals surface area contributed by atoms with E-state index in [0.29, 0.717) is 0 Å². The van der Waals surface area contributed by atoms with Gasteiger partial charge in [-0.2, -0.15) is 0 Å². The predicted molar refractivity (Wildman–Crippen MR) is 213 cm³/mol. The molecule has 50 heavy (non-hydrogen) atoms. The molecule has 244 valence electrons. The minimum Gasteiger partial charge on any atom is -0.276 e. The van der Waals surface area contributed by atoms with Gasteiger partial charge in [0.05, 0.1) is 5.52 Å². The molecule has 0 atom stereocenters. The molecule has 0 radical (unpaired) electrons. The number of benzene rings is 7. The molecular formula is C48H41NO. The molecule has 8 aromatic rings. The third-order valence-electron chi connectivity index (χ3n) is 12.9. The lowest BCUT2D eigenvalue weighted by molar-refractivity contribution is 0.125. The summed E-state index contributed by atoms with van der Waals surface area (Å²) in [5.74, 6) is 0. The van der Waals surface area contributed by atoms with Crippen molar-refractivity contribution in [1.29, 1.82) is 0 Å². The summed E-state index contributed by atoms with van der Waals surface area (Å²) in [6.07, 6.45) is 0. The SMILES string of the molecule is CC1(C)c2ccc(-c3c4ccccc4c(-c4ccc5c(c4)c4ccccc4c(=O)n5-c4ccccc4)c4ccccc34)cc2C(C)(C)C1(C)C. The highest BCUT2D eigenvalue weighted by Gasteiger charge is 2.56. The van der Waals surface area contributed by atoms with E-state index in [1.165, 1.54) is 49.4 Å². The van der Waals surface area contributed by atoms with E-state index in [-0.39, 0.29) is 21.8 Å². The Morgan fingerprint density at radius 3 is 1.46 bits per heavy atom. The molecule has 9 rings (SSSR count). The molecule has 1 aromatic heterocycles. The van der Waals surface area contributed by atoms with E-state index in [0.717, 1.165) is 32.9 Å². The van der Waals surface area contributed by atoms with E-state index in [4.69, 9.17) is 0 Å². The predicted octanol–water partition coefficient (Wildman–Crippen LogP) is 12.4. The first-order valence-corrected chi connectivity index (χ1v) is 17.7.